The van der Waals surface area contributed by atoms with Gasteiger partial charge in [-0.1, -0.05) is 13.8 Å². The minimum absolute atomic E-state index is 0.0393. The van der Waals surface area contributed by atoms with Crippen LogP contribution in [0.2, 0.25) is 19.6 Å². The average Bonchev–Trinajstić information content (AvgIpc) is 3.76. The molecular weight excluding hydrogens is 595 g/mol. The summed E-state index contributed by atoms with van der Waals surface area (Å²) in [6.07, 6.45) is 8.63. The monoisotopic (exact) mass is 639 g/mol. The fourth-order valence-electron chi connectivity index (χ4n) is 7.06. The third kappa shape index (κ3) is 5.56. The summed E-state index contributed by atoms with van der Waals surface area (Å²) in [6, 6.07) is 0. The number of carbonyl (C=O) groups is 1. The number of aliphatic hydroxyl groups excluding tert-OH is 1. The van der Waals surface area contributed by atoms with Crippen LogP contribution < -0.4 is 10.8 Å². The van der Waals surface area contributed by atoms with Gasteiger partial charge in [-0.15, -0.1) is 0 Å². The molecule has 0 unspecified atom stereocenters. The van der Waals surface area contributed by atoms with E-state index in [0.717, 1.165) is 91.2 Å². The van der Waals surface area contributed by atoms with Crippen molar-refractivity contribution in [3.8, 4) is 0 Å². The van der Waals surface area contributed by atoms with Crippen molar-refractivity contribution in [3.05, 3.63) is 91.4 Å². The highest BCUT2D eigenvalue weighted by molar-refractivity contribution is 6.69. The SMILES string of the molecule is CCC1=C(C)C2=NC1=CC1=C(C)C3=C(NO[Si](C)(C)C)CC(=C4NC(=CC5=NC(=C2)C(CO)=C5C)[C@@H](C)[C@@H]4CCC(=O)OC)C3=N1. The van der Waals surface area contributed by atoms with E-state index in [1.807, 2.05) is 13.0 Å². The Balaban J connectivity index is 1.59. The molecule has 2 atom stereocenters. The number of fused-ring (bicyclic) bond motifs is 5. The summed E-state index contributed by atoms with van der Waals surface area (Å²) in [5.41, 5.74) is 18.9. The number of nitrogens with one attached hydrogen (secondary N) is 2. The molecule has 1 fully saturated rings. The molecule has 6 rings (SSSR count). The molecule has 6 aliphatic rings. The second kappa shape index (κ2) is 12.1. The van der Waals surface area contributed by atoms with E-state index in [2.05, 4.69) is 70.3 Å². The maximum atomic E-state index is 12.3. The van der Waals surface area contributed by atoms with Crippen LogP contribution in [0.4, 0.5) is 0 Å². The lowest BCUT2D eigenvalue weighted by Crippen LogP contribution is -2.33. The van der Waals surface area contributed by atoms with E-state index < -0.39 is 8.32 Å². The number of hydrogen-bond acceptors (Lipinski definition) is 9. The van der Waals surface area contributed by atoms with Crippen LogP contribution >= 0.6 is 0 Å². The summed E-state index contributed by atoms with van der Waals surface area (Å²) in [5.74, 6) is -0.101. The van der Waals surface area contributed by atoms with Crippen molar-refractivity contribution in [3.63, 3.8) is 0 Å². The third-order valence-electron chi connectivity index (χ3n) is 9.73. The van der Waals surface area contributed by atoms with Crippen molar-refractivity contribution in [2.45, 2.75) is 79.9 Å². The highest BCUT2D eigenvalue weighted by Gasteiger charge is 2.41. The quantitative estimate of drug-likeness (QED) is 0.161. The predicted octanol–water partition coefficient (Wildman–Crippen LogP) is 6.40. The first kappa shape index (κ1) is 32.1. The molecule has 46 heavy (non-hydrogen) atoms. The van der Waals surface area contributed by atoms with E-state index in [0.29, 0.717) is 19.3 Å². The van der Waals surface area contributed by atoms with Crippen LogP contribution in [-0.4, -0.2) is 50.2 Å². The lowest BCUT2D eigenvalue weighted by molar-refractivity contribution is -0.140. The van der Waals surface area contributed by atoms with E-state index in [4.69, 9.17) is 24.2 Å². The summed E-state index contributed by atoms with van der Waals surface area (Å²) >= 11 is 0. The van der Waals surface area contributed by atoms with Crippen molar-refractivity contribution in [2.24, 2.45) is 26.8 Å². The molecule has 5 heterocycles. The Morgan fingerprint density at radius 2 is 1.70 bits per heavy atom. The molecule has 0 spiro atoms. The predicted molar refractivity (Wildman–Crippen MR) is 185 cm³/mol. The minimum atomic E-state index is -1.89. The lowest BCUT2D eigenvalue weighted by atomic mass is 9.86. The normalized spacial score (nSPS) is 24.0. The molecule has 1 saturated heterocycles. The molecule has 3 N–H and O–H groups in total. The minimum Gasteiger partial charge on any atom is -0.469 e. The molecule has 5 aliphatic heterocycles. The number of allylic oxidation sites excluding steroid dienone is 11. The number of hydroxylamine groups is 1. The standard InChI is InChI=1S/C36H45N5O4Si/c1-10-22-18(2)27-15-31-25(17-42)20(4)26(38-31)14-28-19(3)23(11-12-33(43)44-6)35(39-28)24-13-32(41-45-46(7,8)9)34-21(5)29(40-36(24)34)16-30(22)37-27/h14-16,19,23,39,41-42H,10-13,17H2,1-9H3/t19-,23-/m0/s1. The molecule has 242 valence electrons. The van der Waals surface area contributed by atoms with Crippen LogP contribution in [0.1, 0.15) is 60.3 Å². The molecular formula is C36H45N5O4Si. The van der Waals surface area contributed by atoms with Gasteiger partial charge < -0.3 is 19.7 Å². The van der Waals surface area contributed by atoms with Gasteiger partial charge in [0, 0.05) is 52.8 Å². The van der Waals surface area contributed by atoms with Gasteiger partial charge in [-0.25, -0.2) is 15.0 Å². The Kier molecular flexibility index (Phi) is 8.41. The number of methoxy groups -OCH3 is 1. The van der Waals surface area contributed by atoms with Crippen LogP contribution in [0.3, 0.4) is 0 Å². The number of carbonyl (C=O) groups excluding carboxylic acids is 1. The average molecular weight is 640 g/mol. The van der Waals surface area contributed by atoms with Gasteiger partial charge >= 0.3 is 5.97 Å². The first-order chi connectivity index (χ1) is 21.8. The summed E-state index contributed by atoms with van der Waals surface area (Å²) < 4.78 is 11.3. The van der Waals surface area contributed by atoms with Gasteiger partial charge in [0.15, 0.2) is 0 Å². The molecule has 1 aliphatic carbocycles. The fourth-order valence-corrected chi connectivity index (χ4v) is 7.49. The second-order valence-corrected chi connectivity index (χ2v) is 18.1. The number of hydrogen-bond donors (Lipinski definition) is 3. The van der Waals surface area contributed by atoms with E-state index in [9.17, 15) is 9.90 Å². The lowest BCUT2D eigenvalue weighted by Gasteiger charge is -2.20. The summed E-state index contributed by atoms with van der Waals surface area (Å²) in [5, 5.41) is 14.2. The molecule has 0 aromatic carbocycles. The maximum absolute atomic E-state index is 12.3. The zero-order valence-electron chi connectivity index (χ0n) is 28.4. The van der Waals surface area contributed by atoms with Gasteiger partial charge in [-0.2, -0.15) is 0 Å². The van der Waals surface area contributed by atoms with Gasteiger partial charge in [0.25, 0.3) is 0 Å². The smallest absolute Gasteiger partial charge is 0.305 e. The Morgan fingerprint density at radius 3 is 2.35 bits per heavy atom. The number of aliphatic hydroxyl groups is 1. The van der Waals surface area contributed by atoms with Crippen molar-refractivity contribution in [1.29, 1.82) is 0 Å². The molecule has 10 heteroatoms. The first-order valence-corrected chi connectivity index (χ1v) is 19.6. The van der Waals surface area contributed by atoms with E-state index in [1.165, 1.54) is 12.7 Å². The summed E-state index contributed by atoms with van der Waals surface area (Å²) in [4.78, 5) is 27.8. The summed E-state index contributed by atoms with van der Waals surface area (Å²) in [7, 11) is -0.450. The van der Waals surface area contributed by atoms with Crippen molar-refractivity contribution < 1.29 is 19.2 Å². The van der Waals surface area contributed by atoms with Gasteiger partial charge in [0.1, 0.15) is 0 Å². The second-order valence-electron chi connectivity index (χ2n) is 13.7. The van der Waals surface area contributed by atoms with Gasteiger partial charge in [0.05, 0.1) is 53.6 Å². The zero-order chi connectivity index (χ0) is 33.1. The Morgan fingerprint density at radius 1 is 1.02 bits per heavy atom. The Labute approximate surface area is 272 Å². The molecule has 9 nitrogen and oxygen atoms in total. The molecule has 0 aromatic heterocycles. The molecule has 0 aromatic rings. The van der Waals surface area contributed by atoms with Crippen LogP contribution in [0.15, 0.2) is 106 Å². The molecule has 0 amide bonds. The van der Waals surface area contributed by atoms with Crippen LogP contribution in [-0.2, 0) is 14.1 Å². The third-order valence-corrected chi connectivity index (χ3v) is 10.4. The van der Waals surface area contributed by atoms with E-state index in [-0.39, 0.29) is 24.4 Å². The molecule has 8 bridgehead atoms. The number of ether oxygens (including phenoxy) is 1. The number of nitrogens with zero attached hydrogens (tertiary/aromatic N) is 3. The highest BCUT2D eigenvalue weighted by atomic mass is 28.4. The number of aliphatic imine (C=N–C) groups is 3. The van der Waals surface area contributed by atoms with E-state index >= 15 is 0 Å². The molecule has 0 saturated carbocycles. The van der Waals surface area contributed by atoms with Crippen molar-refractivity contribution >= 4 is 31.4 Å². The van der Waals surface area contributed by atoms with Crippen molar-refractivity contribution in [1.82, 2.24) is 10.8 Å². The zero-order valence-corrected chi connectivity index (χ0v) is 29.4. The largest absolute Gasteiger partial charge is 0.469 e. The van der Waals surface area contributed by atoms with Gasteiger partial charge in [0.2, 0.25) is 8.32 Å². The van der Waals surface area contributed by atoms with Crippen LogP contribution in [0.25, 0.3) is 0 Å². The van der Waals surface area contributed by atoms with Crippen LogP contribution in [0.5, 0.6) is 0 Å². The van der Waals surface area contributed by atoms with Gasteiger partial charge in [-0.3, -0.25) is 10.3 Å². The Hall–Kier alpha value is -3.86. The maximum Gasteiger partial charge on any atom is 0.305 e. The topological polar surface area (TPSA) is 117 Å². The van der Waals surface area contributed by atoms with E-state index in [1.54, 1.807) is 0 Å². The van der Waals surface area contributed by atoms with Crippen LogP contribution in [0, 0.1) is 11.8 Å². The van der Waals surface area contributed by atoms with Gasteiger partial charge in [-0.05, 0) is 93.8 Å². The number of esters is 1. The fraction of sp³-hybridized carbons (Fsp3) is 0.444. The van der Waals surface area contributed by atoms with Crippen molar-refractivity contribution in [2.75, 3.05) is 13.7 Å². The number of rotatable bonds is 8. The Bertz CT molecular complexity index is 1780. The summed E-state index contributed by atoms with van der Waals surface area (Å²) in [6.45, 7) is 17.0. The molecule has 0 radical (unpaired) electrons. The first-order valence-electron chi connectivity index (χ1n) is 16.2. The highest BCUT2D eigenvalue weighted by Crippen LogP contribution is 2.46.